The van der Waals surface area contributed by atoms with E-state index in [1.165, 1.54) is 11.1 Å². The van der Waals surface area contributed by atoms with E-state index < -0.39 is 0 Å². The van der Waals surface area contributed by atoms with Gasteiger partial charge in [-0.1, -0.05) is 48.6 Å². The first-order valence-corrected chi connectivity index (χ1v) is 5.84. The number of allylic oxidation sites excluding steroid dienone is 12. The topological polar surface area (TPSA) is 36.8 Å². The number of hydrogen-bond acceptors (Lipinski definition) is 3. The standard InChI is InChI=1S/C11H10.C4H5N3/c1-2-4-7-11-9-5-8-10(11)6-3-1;1-2-4-6-7-5-3-1/h1-8H,9H2;1-4,7H. The van der Waals surface area contributed by atoms with Gasteiger partial charge in [-0.25, -0.2) is 0 Å². The molecule has 18 heavy (non-hydrogen) atoms. The van der Waals surface area contributed by atoms with Crippen molar-refractivity contribution in [2.75, 3.05) is 0 Å². The summed E-state index contributed by atoms with van der Waals surface area (Å²) in [5.74, 6) is 0. The van der Waals surface area contributed by atoms with Crippen LogP contribution in [0.2, 0.25) is 0 Å². The van der Waals surface area contributed by atoms with Gasteiger partial charge in [-0.05, 0) is 29.7 Å². The Morgan fingerprint density at radius 2 is 1.50 bits per heavy atom. The first-order valence-electron chi connectivity index (χ1n) is 5.84. The lowest BCUT2D eigenvalue weighted by Gasteiger charge is -1.96. The molecule has 3 heteroatoms. The molecule has 3 aliphatic rings. The Bertz CT molecular complexity index is 498. The summed E-state index contributed by atoms with van der Waals surface area (Å²) in [5.41, 5.74) is 5.20. The molecule has 0 bridgehead atoms. The molecule has 0 atom stereocenters. The summed E-state index contributed by atoms with van der Waals surface area (Å²) in [5, 5.41) is 7.22. The molecule has 3 nitrogen and oxygen atoms in total. The lowest BCUT2D eigenvalue weighted by atomic mass is 10.1. The van der Waals surface area contributed by atoms with Gasteiger partial charge in [0.1, 0.15) is 0 Å². The first-order chi connectivity index (χ1) is 8.97. The average molecular weight is 237 g/mol. The smallest absolute Gasteiger partial charge is 0.0489 e. The Hall–Kier alpha value is -2.42. The summed E-state index contributed by atoms with van der Waals surface area (Å²) in [7, 11) is 0. The summed E-state index contributed by atoms with van der Waals surface area (Å²) >= 11 is 0. The highest BCUT2D eigenvalue weighted by Gasteiger charge is 2.02. The molecule has 0 spiro atoms. The minimum absolute atomic E-state index is 1.09. The van der Waals surface area contributed by atoms with E-state index in [1.807, 2.05) is 6.08 Å². The van der Waals surface area contributed by atoms with Crippen molar-refractivity contribution in [2.45, 2.75) is 6.42 Å². The van der Waals surface area contributed by atoms with Crippen LogP contribution < -0.4 is 5.53 Å². The Labute approximate surface area is 107 Å². The zero-order valence-corrected chi connectivity index (χ0v) is 10.0. The fraction of sp³-hybridized carbons (Fsp3) is 0.0667. The number of hydrogen-bond donors (Lipinski definition) is 1. The van der Waals surface area contributed by atoms with Crippen LogP contribution in [0.4, 0.5) is 0 Å². The lowest BCUT2D eigenvalue weighted by molar-refractivity contribution is 0.821. The Balaban J connectivity index is 0.000000149. The molecule has 90 valence electrons. The summed E-state index contributed by atoms with van der Waals surface area (Å²) in [6.07, 6.45) is 24.9. The van der Waals surface area contributed by atoms with Crippen LogP contribution in [0.1, 0.15) is 6.42 Å². The van der Waals surface area contributed by atoms with Gasteiger partial charge in [0.2, 0.25) is 0 Å². The minimum Gasteiger partial charge on any atom is -0.198 e. The second-order valence-corrected chi connectivity index (χ2v) is 3.73. The maximum Gasteiger partial charge on any atom is 0.0489 e. The Morgan fingerprint density at radius 1 is 0.778 bits per heavy atom. The maximum atomic E-state index is 3.61. The highest BCUT2D eigenvalue weighted by molar-refractivity contribution is 5.81. The van der Waals surface area contributed by atoms with Gasteiger partial charge in [0.05, 0.1) is 0 Å². The molecule has 3 rings (SSSR count). The van der Waals surface area contributed by atoms with Crippen molar-refractivity contribution in [3.05, 3.63) is 71.9 Å². The number of nitrogens with zero attached hydrogens (tertiary/aromatic N) is 2. The van der Waals surface area contributed by atoms with Crippen LogP contribution in [0.15, 0.2) is 82.1 Å². The quantitative estimate of drug-likeness (QED) is 0.690. The molecule has 1 N–H and O–H groups in total. The van der Waals surface area contributed by atoms with E-state index in [0.29, 0.717) is 0 Å². The molecular weight excluding hydrogens is 222 g/mol. The molecule has 0 saturated carbocycles. The van der Waals surface area contributed by atoms with Crippen LogP contribution in [0.5, 0.6) is 0 Å². The van der Waals surface area contributed by atoms with Crippen molar-refractivity contribution in [3.8, 4) is 0 Å². The van der Waals surface area contributed by atoms with Crippen LogP contribution in [0, 0.1) is 0 Å². The van der Waals surface area contributed by atoms with Gasteiger partial charge in [0.25, 0.3) is 0 Å². The lowest BCUT2D eigenvalue weighted by Crippen LogP contribution is -1.90. The number of nitrogens with one attached hydrogen (secondary N) is 1. The Morgan fingerprint density at radius 3 is 2.28 bits per heavy atom. The minimum atomic E-state index is 1.09. The molecule has 1 aliphatic heterocycles. The van der Waals surface area contributed by atoms with Crippen LogP contribution >= 0.6 is 0 Å². The van der Waals surface area contributed by atoms with Crippen LogP contribution in [-0.2, 0) is 0 Å². The van der Waals surface area contributed by atoms with Crippen LogP contribution in [-0.4, -0.2) is 12.4 Å². The summed E-state index contributed by atoms with van der Waals surface area (Å²) < 4.78 is 0. The molecular formula is C15H15N3. The highest BCUT2D eigenvalue weighted by atomic mass is 15.5. The molecule has 0 unspecified atom stereocenters. The second-order valence-electron chi connectivity index (χ2n) is 3.73. The fourth-order valence-corrected chi connectivity index (χ4v) is 1.61. The maximum absolute atomic E-state index is 3.61. The van der Waals surface area contributed by atoms with E-state index >= 15 is 0 Å². The molecule has 2 aliphatic carbocycles. The fourth-order valence-electron chi connectivity index (χ4n) is 1.61. The largest absolute Gasteiger partial charge is 0.198 e. The van der Waals surface area contributed by atoms with Crippen molar-refractivity contribution in [3.63, 3.8) is 0 Å². The van der Waals surface area contributed by atoms with Crippen molar-refractivity contribution in [2.24, 2.45) is 10.2 Å². The predicted molar refractivity (Wildman–Crippen MR) is 77.5 cm³/mol. The van der Waals surface area contributed by atoms with E-state index in [2.05, 4.69) is 58.3 Å². The molecule has 0 radical (unpaired) electrons. The molecule has 0 amide bonds. The van der Waals surface area contributed by atoms with Gasteiger partial charge in [0, 0.05) is 12.4 Å². The van der Waals surface area contributed by atoms with E-state index in [1.54, 1.807) is 24.6 Å². The molecule has 0 aromatic carbocycles. The van der Waals surface area contributed by atoms with E-state index in [0.717, 1.165) is 6.42 Å². The molecule has 0 aromatic heterocycles. The van der Waals surface area contributed by atoms with Crippen molar-refractivity contribution >= 4 is 12.4 Å². The van der Waals surface area contributed by atoms with Gasteiger partial charge in [-0.15, -0.1) is 0 Å². The summed E-state index contributed by atoms with van der Waals surface area (Å²) in [4.78, 5) is 0. The summed E-state index contributed by atoms with van der Waals surface area (Å²) in [6, 6.07) is 0. The van der Waals surface area contributed by atoms with Crippen molar-refractivity contribution in [1.82, 2.24) is 5.53 Å². The zero-order chi connectivity index (χ0) is 12.5. The number of hydrazone groups is 2. The van der Waals surface area contributed by atoms with E-state index in [9.17, 15) is 0 Å². The third-order valence-electron chi connectivity index (χ3n) is 2.46. The third kappa shape index (κ3) is 3.87. The van der Waals surface area contributed by atoms with Crippen molar-refractivity contribution in [1.29, 1.82) is 0 Å². The van der Waals surface area contributed by atoms with Crippen molar-refractivity contribution < 1.29 is 0 Å². The SMILES string of the molecule is C1=CC=CC2=C(C=C1)C=CC2.C1=CC=NNN=C1. The normalized spacial score (nSPS) is 18.7. The average Bonchev–Trinajstić information content (AvgIpc) is 2.65. The first kappa shape index (κ1) is 12.0. The zero-order valence-electron chi connectivity index (χ0n) is 10.0. The third-order valence-corrected chi connectivity index (χ3v) is 2.46. The van der Waals surface area contributed by atoms with E-state index in [-0.39, 0.29) is 0 Å². The molecule has 0 saturated heterocycles. The molecule has 1 heterocycles. The van der Waals surface area contributed by atoms with Gasteiger partial charge >= 0.3 is 0 Å². The monoisotopic (exact) mass is 237 g/mol. The van der Waals surface area contributed by atoms with Gasteiger partial charge in [-0.2, -0.15) is 15.7 Å². The molecule has 0 fully saturated rings. The van der Waals surface area contributed by atoms with Gasteiger partial charge < -0.3 is 0 Å². The number of rotatable bonds is 0. The van der Waals surface area contributed by atoms with Crippen LogP contribution in [0.25, 0.3) is 0 Å². The highest BCUT2D eigenvalue weighted by Crippen LogP contribution is 2.21. The molecule has 0 aromatic rings. The van der Waals surface area contributed by atoms with E-state index in [4.69, 9.17) is 0 Å². The predicted octanol–water partition coefficient (Wildman–Crippen LogP) is 3.04. The Kier molecular flexibility index (Phi) is 4.69. The summed E-state index contributed by atoms with van der Waals surface area (Å²) in [6.45, 7) is 0. The second kappa shape index (κ2) is 7.01. The van der Waals surface area contributed by atoms with Gasteiger partial charge in [-0.3, -0.25) is 0 Å². The van der Waals surface area contributed by atoms with Crippen LogP contribution in [0.3, 0.4) is 0 Å². The van der Waals surface area contributed by atoms with Gasteiger partial charge in [0.15, 0.2) is 0 Å².